The number of rotatable bonds is 19. The number of ether oxygens (including phenoxy) is 3. The normalized spacial score (nSPS) is 11.5. The zero-order valence-electron chi connectivity index (χ0n) is 22.9. The van der Waals surface area contributed by atoms with E-state index in [1.807, 2.05) is 25.1 Å². The Hall–Kier alpha value is -2.77. The van der Waals surface area contributed by atoms with Crippen molar-refractivity contribution in [3.05, 3.63) is 18.2 Å². The summed E-state index contributed by atoms with van der Waals surface area (Å²) in [5, 5.41) is 2.86. The maximum Gasteiger partial charge on any atom is 0.305 e. The van der Waals surface area contributed by atoms with E-state index in [1.165, 1.54) is 26.2 Å². The molecule has 0 saturated heterocycles. The van der Waals surface area contributed by atoms with Crippen molar-refractivity contribution in [3.63, 3.8) is 0 Å². The third kappa shape index (κ3) is 13.4. The summed E-state index contributed by atoms with van der Waals surface area (Å²) >= 11 is 0. The number of benzene rings is 1. The Labute approximate surface area is 217 Å². The third-order valence-corrected chi connectivity index (χ3v) is 5.66. The number of carbonyl (C=O) groups excluding carboxylic acids is 3. The van der Waals surface area contributed by atoms with Gasteiger partial charge in [0.1, 0.15) is 5.75 Å². The van der Waals surface area contributed by atoms with Crippen LogP contribution in [0.5, 0.6) is 5.75 Å². The molecule has 0 bridgehead atoms. The fourth-order valence-corrected chi connectivity index (χ4v) is 3.90. The second kappa shape index (κ2) is 18.5. The highest BCUT2D eigenvalue weighted by atomic mass is 16.5. The van der Waals surface area contributed by atoms with Crippen molar-refractivity contribution in [2.24, 2.45) is 0 Å². The molecule has 8 nitrogen and oxygen atoms in total. The lowest BCUT2D eigenvalue weighted by atomic mass is 10.1. The smallest absolute Gasteiger partial charge is 0.305 e. The first-order valence-electron chi connectivity index (χ1n) is 13.4. The van der Waals surface area contributed by atoms with Crippen LogP contribution >= 0.6 is 0 Å². The number of amides is 1. The van der Waals surface area contributed by atoms with E-state index in [-0.39, 0.29) is 23.9 Å². The number of unbranched alkanes of at least 4 members (excludes halogenated alkanes) is 3. The topological polar surface area (TPSA) is 94.2 Å². The van der Waals surface area contributed by atoms with Gasteiger partial charge in [-0.1, -0.05) is 26.2 Å². The molecule has 0 aliphatic carbocycles. The number of anilines is 2. The van der Waals surface area contributed by atoms with Crippen molar-refractivity contribution >= 4 is 29.2 Å². The molecule has 8 heteroatoms. The molecule has 36 heavy (non-hydrogen) atoms. The second-order valence-electron chi connectivity index (χ2n) is 8.94. The zero-order valence-corrected chi connectivity index (χ0v) is 22.9. The van der Waals surface area contributed by atoms with E-state index in [1.54, 1.807) is 13.8 Å². The zero-order chi connectivity index (χ0) is 26.8. The SMILES string of the molecule is CCCCCCC(C)Oc1cc(N(CCCC(=O)OCC)CCCC(=O)OCC)ccc1NC(C)=O. The number of nitrogens with zero attached hydrogens (tertiary/aromatic N) is 1. The summed E-state index contributed by atoms with van der Waals surface area (Å²) in [7, 11) is 0. The van der Waals surface area contributed by atoms with Crippen LogP contribution < -0.4 is 15.0 Å². The van der Waals surface area contributed by atoms with E-state index in [0.29, 0.717) is 63.4 Å². The molecule has 1 aromatic rings. The van der Waals surface area contributed by atoms with Gasteiger partial charge in [-0.25, -0.2) is 0 Å². The van der Waals surface area contributed by atoms with Gasteiger partial charge in [-0.2, -0.15) is 0 Å². The molecule has 1 unspecified atom stereocenters. The Kier molecular flexibility index (Phi) is 16.1. The molecule has 0 heterocycles. The number of carbonyl (C=O) groups is 3. The lowest BCUT2D eigenvalue weighted by Gasteiger charge is -2.27. The van der Waals surface area contributed by atoms with E-state index >= 15 is 0 Å². The lowest BCUT2D eigenvalue weighted by Crippen LogP contribution is -2.27. The van der Waals surface area contributed by atoms with Crippen LogP contribution in [0.4, 0.5) is 11.4 Å². The van der Waals surface area contributed by atoms with Crippen molar-refractivity contribution < 1.29 is 28.6 Å². The molecular formula is C28H46N2O6. The van der Waals surface area contributed by atoms with Gasteiger partial charge >= 0.3 is 11.9 Å². The minimum atomic E-state index is -0.217. The number of esters is 2. The summed E-state index contributed by atoms with van der Waals surface area (Å²) in [4.78, 5) is 37.5. The molecule has 0 aromatic heterocycles. The van der Waals surface area contributed by atoms with E-state index in [0.717, 1.165) is 18.5 Å². The van der Waals surface area contributed by atoms with Gasteiger partial charge in [-0.3, -0.25) is 14.4 Å². The standard InChI is InChI=1S/C28H46N2O6/c1-6-9-10-11-14-22(4)36-26-21-24(17-18-25(26)29-23(5)31)30(19-12-15-27(32)34-7-2)20-13-16-28(33)35-8-3/h17-18,21-22H,6-16,19-20H2,1-5H3,(H,29,31). The highest BCUT2D eigenvalue weighted by Gasteiger charge is 2.15. The molecular weight excluding hydrogens is 460 g/mol. The minimum absolute atomic E-state index is 0.00527. The van der Waals surface area contributed by atoms with Crippen LogP contribution in [0.25, 0.3) is 0 Å². The predicted molar refractivity (Wildman–Crippen MR) is 144 cm³/mol. The van der Waals surface area contributed by atoms with Gasteiger partial charge in [0, 0.05) is 44.6 Å². The lowest BCUT2D eigenvalue weighted by molar-refractivity contribution is -0.144. The third-order valence-electron chi connectivity index (χ3n) is 5.66. The minimum Gasteiger partial charge on any atom is -0.488 e. The Morgan fingerprint density at radius 3 is 2.03 bits per heavy atom. The molecule has 1 rings (SSSR count). The Morgan fingerprint density at radius 2 is 1.50 bits per heavy atom. The highest BCUT2D eigenvalue weighted by molar-refractivity contribution is 5.90. The molecule has 0 aliphatic rings. The summed E-state index contributed by atoms with van der Waals surface area (Å²) in [5.74, 6) is 0.0206. The first-order valence-corrected chi connectivity index (χ1v) is 13.4. The van der Waals surface area contributed by atoms with E-state index in [4.69, 9.17) is 14.2 Å². The van der Waals surface area contributed by atoms with Crippen molar-refractivity contribution in [2.45, 2.75) is 98.5 Å². The van der Waals surface area contributed by atoms with Gasteiger partial charge in [0.05, 0.1) is 25.0 Å². The molecule has 0 fully saturated rings. The molecule has 1 amide bonds. The quantitative estimate of drug-likeness (QED) is 0.185. The van der Waals surface area contributed by atoms with Crippen LogP contribution in [0.2, 0.25) is 0 Å². The van der Waals surface area contributed by atoms with Gasteiger partial charge in [0.15, 0.2) is 0 Å². The van der Waals surface area contributed by atoms with Gasteiger partial charge < -0.3 is 24.4 Å². The molecule has 1 aromatic carbocycles. The van der Waals surface area contributed by atoms with Crippen LogP contribution in [0.15, 0.2) is 18.2 Å². The predicted octanol–water partition coefficient (Wildman–Crippen LogP) is 5.88. The Balaban J connectivity index is 3.01. The van der Waals surface area contributed by atoms with Crippen molar-refractivity contribution in [2.75, 3.05) is 36.5 Å². The first-order chi connectivity index (χ1) is 17.3. The van der Waals surface area contributed by atoms with Gasteiger partial charge in [0.25, 0.3) is 0 Å². The monoisotopic (exact) mass is 506 g/mol. The average Bonchev–Trinajstić information content (AvgIpc) is 2.82. The van der Waals surface area contributed by atoms with Gasteiger partial charge in [0.2, 0.25) is 5.91 Å². The highest BCUT2D eigenvalue weighted by Crippen LogP contribution is 2.32. The summed E-state index contributed by atoms with van der Waals surface area (Å²) in [5.41, 5.74) is 1.54. The van der Waals surface area contributed by atoms with E-state index in [2.05, 4.69) is 17.1 Å². The summed E-state index contributed by atoms with van der Waals surface area (Å²) < 4.78 is 16.4. The van der Waals surface area contributed by atoms with Crippen molar-refractivity contribution in [1.29, 1.82) is 0 Å². The summed E-state index contributed by atoms with van der Waals surface area (Å²) in [6, 6.07) is 5.71. The summed E-state index contributed by atoms with van der Waals surface area (Å²) in [6.07, 6.45) is 7.51. The van der Waals surface area contributed by atoms with E-state index < -0.39 is 0 Å². The van der Waals surface area contributed by atoms with Crippen LogP contribution in [0.3, 0.4) is 0 Å². The molecule has 0 spiro atoms. The largest absolute Gasteiger partial charge is 0.488 e. The maximum atomic E-state index is 11.8. The number of hydrogen-bond donors (Lipinski definition) is 1. The van der Waals surface area contributed by atoms with Gasteiger partial charge in [-0.15, -0.1) is 0 Å². The van der Waals surface area contributed by atoms with E-state index in [9.17, 15) is 14.4 Å². The van der Waals surface area contributed by atoms with Crippen LogP contribution in [-0.4, -0.2) is 50.3 Å². The maximum absolute atomic E-state index is 11.8. The summed E-state index contributed by atoms with van der Waals surface area (Å²) in [6.45, 7) is 11.3. The fourth-order valence-electron chi connectivity index (χ4n) is 3.90. The Bertz CT molecular complexity index is 774. The van der Waals surface area contributed by atoms with Crippen molar-refractivity contribution in [3.8, 4) is 5.75 Å². The molecule has 204 valence electrons. The molecule has 1 N–H and O–H groups in total. The van der Waals surface area contributed by atoms with Gasteiger partial charge in [-0.05, 0) is 58.6 Å². The molecule has 0 radical (unpaired) electrons. The number of nitrogens with one attached hydrogen (secondary N) is 1. The molecule has 1 atom stereocenters. The van der Waals surface area contributed by atoms with Crippen LogP contribution in [0.1, 0.15) is 92.4 Å². The van der Waals surface area contributed by atoms with Crippen LogP contribution in [0, 0.1) is 0 Å². The fraction of sp³-hybridized carbons (Fsp3) is 0.679. The molecule has 0 aliphatic heterocycles. The number of hydrogen-bond acceptors (Lipinski definition) is 7. The Morgan fingerprint density at radius 1 is 0.889 bits per heavy atom. The molecule has 0 saturated carbocycles. The average molecular weight is 507 g/mol. The first kappa shape index (κ1) is 31.3. The van der Waals surface area contributed by atoms with Crippen molar-refractivity contribution in [1.82, 2.24) is 0 Å². The van der Waals surface area contributed by atoms with Crippen LogP contribution in [-0.2, 0) is 23.9 Å². The second-order valence-corrected chi connectivity index (χ2v) is 8.94.